The Balaban J connectivity index is 3.19. The van der Waals surface area contributed by atoms with Crippen molar-refractivity contribution < 1.29 is 0 Å². The first kappa shape index (κ1) is 5.35. The number of aromatic nitrogens is 2. The quantitative estimate of drug-likeness (QED) is 0.480. The van der Waals surface area contributed by atoms with E-state index in [1.807, 2.05) is 14.0 Å². The molecule has 0 bridgehead atoms. The SMILES string of the molecule is [CH]c1c(C)cnn1C. The van der Waals surface area contributed by atoms with Crippen LogP contribution >= 0.6 is 0 Å². The fraction of sp³-hybridized carbons (Fsp3) is 0.333. The van der Waals surface area contributed by atoms with Gasteiger partial charge in [0.25, 0.3) is 0 Å². The molecule has 1 rings (SSSR count). The van der Waals surface area contributed by atoms with Gasteiger partial charge in [-0.1, -0.05) is 0 Å². The number of aryl methyl sites for hydroxylation is 2. The van der Waals surface area contributed by atoms with Crippen LogP contribution in [-0.2, 0) is 7.05 Å². The van der Waals surface area contributed by atoms with Crippen LogP contribution in [0.1, 0.15) is 11.3 Å². The average Bonchev–Trinajstić information content (AvgIpc) is 1.98. The van der Waals surface area contributed by atoms with E-state index in [9.17, 15) is 0 Å². The molecular formula is C6H8N2. The third-order valence-electron chi connectivity index (χ3n) is 1.18. The lowest BCUT2D eigenvalue weighted by Crippen LogP contribution is -1.91. The minimum atomic E-state index is 0.741. The Bertz CT molecular complexity index is 169. The molecule has 0 fully saturated rings. The van der Waals surface area contributed by atoms with Gasteiger partial charge in [-0.2, -0.15) is 5.10 Å². The van der Waals surface area contributed by atoms with Gasteiger partial charge in [-0.05, 0) is 12.5 Å². The first-order valence-electron chi connectivity index (χ1n) is 2.46. The summed E-state index contributed by atoms with van der Waals surface area (Å²) in [4.78, 5) is 0. The summed E-state index contributed by atoms with van der Waals surface area (Å²) in [6.45, 7) is 7.44. The Morgan fingerprint density at radius 2 is 2.38 bits per heavy atom. The molecule has 0 aliphatic heterocycles. The van der Waals surface area contributed by atoms with E-state index in [-0.39, 0.29) is 0 Å². The van der Waals surface area contributed by atoms with Gasteiger partial charge < -0.3 is 0 Å². The number of nitrogens with zero attached hydrogens (tertiary/aromatic N) is 2. The van der Waals surface area contributed by atoms with Gasteiger partial charge in [0, 0.05) is 19.7 Å². The second-order valence-corrected chi connectivity index (χ2v) is 1.84. The van der Waals surface area contributed by atoms with E-state index in [2.05, 4.69) is 5.10 Å². The molecular weight excluding hydrogens is 100 g/mol. The number of hydrogen-bond donors (Lipinski definition) is 0. The summed E-state index contributed by atoms with van der Waals surface area (Å²) in [5.74, 6) is 0. The van der Waals surface area contributed by atoms with Crippen molar-refractivity contribution in [1.29, 1.82) is 0 Å². The molecule has 8 heavy (non-hydrogen) atoms. The monoisotopic (exact) mass is 108 g/mol. The van der Waals surface area contributed by atoms with Crippen LogP contribution in [-0.4, -0.2) is 9.78 Å². The third-order valence-corrected chi connectivity index (χ3v) is 1.18. The van der Waals surface area contributed by atoms with E-state index in [4.69, 9.17) is 6.92 Å². The molecule has 0 unspecified atom stereocenters. The minimum Gasteiger partial charge on any atom is -0.272 e. The fourth-order valence-electron chi connectivity index (χ4n) is 0.557. The molecule has 2 radical (unpaired) electrons. The van der Waals surface area contributed by atoms with E-state index in [1.165, 1.54) is 0 Å². The van der Waals surface area contributed by atoms with Crippen LogP contribution in [0.3, 0.4) is 0 Å². The standard InChI is InChI=1S/C6H8N2/c1-5-4-7-8(3)6(5)2/h2,4H,1,3H3. The molecule has 42 valence electrons. The summed E-state index contributed by atoms with van der Waals surface area (Å²) in [7, 11) is 1.82. The van der Waals surface area contributed by atoms with Gasteiger partial charge in [-0.15, -0.1) is 0 Å². The second kappa shape index (κ2) is 1.62. The molecule has 0 aliphatic rings. The maximum atomic E-state index is 5.50. The predicted molar refractivity (Wildman–Crippen MR) is 31.3 cm³/mol. The molecule has 0 aromatic carbocycles. The summed E-state index contributed by atoms with van der Waals surface area (Å²) < 4.78 is 1.65. The molecule has 0 saturated heterocycles. The topological polar surface area (TPSA) is 17.8 Å². The lowest BCUT2D eigenvalue weighted by molar-refractivity contribution is 0.752. The normalized spacial score (nSPS) is 9.88. The summed E-state index contributed by atoms with van der Waals surface area (Å²) in [6.07, 6.45) is 1.75. The molecule has 2 nitrogen and oxygen atoms in total. The molecule has 0 aliphatic carbocycles. The second-order valence-electron chi connectivity index (χ2n) is 1.84. The molecule has 0 saturated carbocycles. The average molecular weight is 108 g/mol. The van der Waals surface area contributed by atoms with Gasteiger partial charge in [0.05, 0.1) is 6.20 Å². The lowest BCUT2D eigenvalue weighted by atomic mass is 10.3. The van der Waals surface area contributed by atoms with Gasteiger partial charge >= 0.3 is 0 Å². The van der Waals surface area contributed by atoms with Crippen molar-refractivity contribution in [3.05, 3.63) is 24.4 Å². The molecule has 2 heteroatoms. The molecule has 0 spiro atoms. The first-order valence-corrected chi connectivity index (χ1v) is 2.46. The predicted octanol–water partition coefficient (Wildman–Crippen LogP) is 0.788. The van der Waals surface area contributed by atoms with Gasteiger partial charge in [0.1, 0.15) is 0 Å². The van der Waals surface area contributed by atoms with Crippen molar-refractivity contribution >= 4 is 0 Å². The van der Waals surface area contributed by atoms with Crippen molar-refractivity contribution in [1.82, 2.24) is 9.78 Å². The Hall–Kier alpha value is -0.790. The van der Waals surface area contributed by atoms with Gasteiger partial charge in [0.2, 0.25) is 0 Å². The van der Waals surface area contributed by atoms with Crippen molar-refractivity contribution in [2.24, 2.45) is 7.05 Å². The minimum absolute atomic E-state index is 0.741. The molecule has 1 heterocycles. The van der Waals surface area contributed by atoms with Gasteiger partial charge in [-0.25, -0.2) is 0 Å². The number of rotatable bonds is 0. The fourth-order valence-corrected chi connectivity index (χ4v) is 0.557. The molecule has 0 N–H and O–H groups in total. The smallest absolute Gasteiger partial charge is 0.0521 e. The Kier molecular flexibility index (Phi) is 1.08. The molecule has 0 atom stereocenters. The zero-order valence-electron chi connectivity index (χ0n) is 5.05. The number of hydrogen-bond acceptors (Lipinski definition) is 1. The zero-order valence-corrected chi connectivity index (χ0v) is 5.05. The largest absolute Gasteiger partial charge is 0.272 e. The van der Waals surface area contributed by atoms with E-state index in [0.717, 1.165) is 11.3 Å². The maximum Gasteiger partial charge on any atom is 0.0521 e. The van der Waals surface area contributed by atoms with Crippen molar-refractivity contribution in [2.45, 2.75) is 6.92 Å². The van der Waals surface area contributed by atoms with Crippen LogP contribution in [0.25, 0.3) is 0 Å². The van der Waals surface area contributed by atoms with E-state index in [0.29, 0.717) is 0 Å². The van der Waals surface area contributed by atoms with Gasteiger partial charge in [0.15, 0.2) is 0 Å². The van der Waals surface area contributed by atoms with Crippen molar-refractivity contribution in [3.63, 3.8) is 0 Å². The third kappa shape index (κ3) is 0.619. The van der Waals surface area contributed by atoms with Crippen molar-refractivity contribution in [3.8, 4) is 0 Å². The van der Waals surface area contributed by atoms with Crippen LogP contribution in [0.5, 0.6) is 0 Å². The van der Waals surface area contributed by atoms with Crippen LogP contribution in [0.15, 0.2) is 6.20 Å². The van der Waals surface area contributed by atoms with E-state index in [1.54, 1.807) is 10.9 Å². The van der Waals surface area contributed by atoms with E-state index >= 15 is 0 Å². The van der Waals surface area contributed by atoms with Crippen molar-refractivity contribution in [2.75, 3.05) is 0 Å². The molecule has 1 aromatic heterocycles. The summed E-state index contributed by atoms with van der Waals surface area (Å²) in [5, 5.41) is 3.91. The van der Waals surface area contributed by atoms with Crippen LogP contribution < -0.4 is 0 Å². The zero-order chi connectivity index (χ0) is 6.15. The van der Waals surface area contributed by atoms with Crippen LogP contribution in [0.2, 0.25) is 0 Å². The lowest BCUT2D eigenvalue weighted by Gasteiger charge is -1.90. The summed E-state index contributed by atoms with van der Waals surface area (Å²) >= 11 is 0. The van der Waals surface area contributed by atoms with E-state index < -0.39 is 0 Å². The highest BCUT2D eigenvalue weighted by Gasteiger charge is 1.94. The van der Waals surface area contributed by atoms with Crippen LogP contribution in [0.4, 0.5) is 0 Å². The Labute approximate surface area is 49.1 Å². The molecule has 0 amide bonds. The van der Waals surface area contributed by atoms with Crippen LogP contribution in [0, 0.1) is 13.8 Å². The highest BCUT2D eigenvalue weighted by atomic mass is 15.3. The Morgan fingerprint density at radius 3 is 2.50 bits per heavy atom. The summed E-state index contributed by atoms with van der Waals surface area (Å²) in [6, 6.07) is 0. The highest BCUT2D eigenvalue weighted by Crippen LogP contribution is 2.00. The highest BCUT2D eigenvalue weighted by molar-refractivity contribution is 5.17. The first-order chi connectivity index (χ1) is 3.72. The molecule has 1 aromatic rings. The Morgan fingerprint density at radius 1 is 1.75 bits per heavy atom. The van der Waals surface area contributed by atoms with Gasteiger partial charge in [-0.3, -0.25) is 4.68 Å². The maximum absolute atomic E-state index is 5.50. The summed E-state index contributed by atoms with van der Waals surface area (Å²) in [5.41, 5.74) is 1.78.